The lowest BCUT2D eigenvalue weighted by Gasteiger charge is -2.21. The van der Waals surface area contributed by atoms with Crippen molar-refractivity contribution in [3.63, 3.8) is 0 Å². The Labute approximate surface area is 150 Å². The highest BCUT2D eigenvalue weighted by Crippen LogP contribution is 2.38. The van der Waals surface area contributed by atoms with Crippen LogP contribution >= 0.6 is 0 Å². The van der Waals surface area contributed by atoms with Gasteiger partial charge >= 0.3 is 0 Å². The van der Waals surface area contributed by atoms with Gasteiger partial charge in [-0.3, -0.25) is 14.7 Å². The maximum absolute atomic E-state index is 13.1. The summed E-state index contributed by atoms with van der Waals surface area (Å²) in [5.74, 6) is 0.0776. The second-order valence-corrected chi connectivity index (χ2v) is 6.09. The molecule has 0 radical (unpaired) electrons. The van der Waals surface area contributed by atoms with Crippen LogP contribution in [0.1, 0.15) is 21.5 Å². The standard InChI is InChI=1S/C20H19FN2O3/c1-23(10-13-5-7-14(21)8-6-13)11-16-17(12-24)19(25)18-15(20(16)26-2)4-3-9-22-18/h3-9,12,25H,10-11H2,1-2H3. The predicted molar refractivity (Wildman–Crippen MR) is 96.9 cm³/mol. The van der Waals surface area contributed by atoms with Crippen LogP contribution in [0, 0.1) is 5.82 Å². The summed E-state index contributed by atoms with van der Waals surface area (Å²) < 4.78 is 18.6. The molecule has 0 unspecified atom stereocenters. The first kappa shape index (κ1) is 17.8. The monoisotopic (exact) mass is 354 g/mol. The molecule has 0 atom stereocenters. The van der Waals surface area contributed by atoms with Crippen molar-refractivity contribution in [3.05, 3.63) is 65.1 Å². The predicted octanol–water partition coefficient (Wildman–Crippen LogP) is 3.53. The van der Waals surface area contributed by atoms with Gasteiger partial charge in [0.05, 0.1) is 12.7 Å². The Balaban J connectivity index is 2.00. The number of methoxy groups -OCH3 is 1. The summed E-state index contributed by atoms with van der Waals surface area (Å²) in [6.07, 6.45) is 2.17. The van der Waals surface area contributed by atoms with Crippen LogP contribution in [0.15, 0.2) is 42.6 Å². The Kier molecular flexibility index (Phi) is 5.14. The molecular weight excluding hydrogens is 335 g/mol. The molecule has 134 valence electrons. The molecule has 0 fully saturated rings. The van der Waals surface area contributed by atoms with Crippen molar-refractivity contribution in [1.82, 2.24) is 9.88 Å². The minimum Gasteiger partial charge on any atom is -0.505 e. The number of pyridine rings is 1. The molecule has 3 rings (SSSR count). The molecule has 5 nitrogen and oxygen atoms in total. The third kappa shape index (κ3) is 3.36. The van der Waals surface area contributed by atoms with Gasteiger partial charge in [0.2, 0.25) is 0 Å². The molecule has 6 heteroatoms. The molecule has 3 aromatic rings. The summed E-state index contributed by atoms with van der Waals surface area (Å²) in [5.41, 5.74) is 2.02. The van der Waals surface area contributed by atoms with Crippen LogP contribution in [-0.4, -0.2) is 35.4 Å². The molecule has 0 saturated heterocycles. The molecule has 0 spiro atoms. The van der Waals surface area contributed by atoms with E-state index in [4.69, 9.17) is 4.74 Å². The van der Waals surface area contributed by atoms with Crippen LogP contribution in [0.5, 0.6) is 11.5 Å². The number of carbonyl (C=O) groups is 1. The largest absolute Gasteiger partial charge is 0.505 e. The average molecular weight is 354 g/mol. The van der Waals surface area contributed by atoms with E-state index in [2.05, 4.69) is 4.98 Å². The fourth-order valence-corrected chi connectivity index (χ4v) is 3.08. The van der Waals surface area contributed by atoms with E-state index in [0.29, 0.717) is 41.6 Å². The molecule has 1 N–H and O–H groups in total. The average Bonchev–Trinajstić information content (AvgIpc) is 2.64. The van der Waals surface area contributed by atoms with E-state index in [1.54, 1.807) is 30.5 Å². The quantitative estimate of drug-likeness (QED) is 0.686. The van der Waals surface area contributed by atoms with Crippen molar-refractivity contribution < 1.29 is 19.0 Å². The summed E-state index contributed by atoms with van der Waals surface area (Å²) >= 11 is 0. The second kappa shape index (κ2) is 7.49. The van der Waals surface area contributed by atoms with E-state index >= 15 is 0 Å². The Hall–Kier alpha value is -2.99. The van der Waals surface area contributed by atoms with E-state index in [9.17, 15) is 14.3 Å². The van der Waals surface area contributed by atoms with Crippen molar-refractivity contribution in [2.24, 2.45) is 0 Å². The molecule has 0 aliphatic carbocycles. The zero-order chi connectivity index (χ0) is 18.7. The molecule has 26 heavy (non-hydrogen) atoms. The SMILES string of the molecule is COc1c(CN(C)Cc2ccc(F)cc2)c(C=O)c(O)c2ncccc12. The number of hydrogen-bond acceptors (Lipinski definition) is 5. The van der Waals surface area contributed by atoms with E-state index in [1.165, 1.54) is 19.2 Å². The van der Waals surface area contributed by atoms with Gasteiger partial charge in [-0.2, -0.15) is 0 Å². The molecule has 1 heterocycles. The van der Waals surface area contributed by atoms with Crippen LogP contribution in [0.25, 0.3) is 10.9 Å². The second-order valence-electron chi connectivity index (χ2n) is 6.09. The Bertz CT molecular complexity index is 942. The number of halogens is 1. The number of aromatic nitrogens is 1. The zero-order valence-electron chi connectivity index (χ0n) is 14.6. The third-order valence-corrected chi connectivity index (χ3v) is 4.25. The number of carbonyl (C=O) groups excluding carboxylic acids is 1. The summed E-state index contributed by atoms with van der Waals surface area (Å²) in [6, 6.07) is 9.79. The van der Waals surface area contributed by atoms with Gasteiger partial charge in [-0.15, -0.1) is 0 Å². The number of nitrogens with zero attached hydrogens (tertiary/aromatic N) is 2. The Morgan fingerprint density at radius 3 is 2.62 bits per heavy atom. The number of rotatable bonds is 6. The highest BCUT2D eigenvalue weighted by atomic mass is 19.1. The molecule has 0 bridgehead atoms. The molecule has 2 aromatic carbocycles. The number of phenols is 1. The normalized spacial score (nSPS) is 11.1. The van der Waals surface area contributed by atoms with E-state index in [0.717, 1.165) is 5.56 Å². The number of aldehydes is 1. The number of phenolic OH excluding ortho intramolecular Hbond substituents is 1. The molecule has 1 aromatic heterocycles. The lowest BCUT2D eigenvalue weighted by atomic mass is 10.0. The van der Waals surface area contributed by atoms with Crippen LogP contribution in [0.2, 0.25) is 0 Å². The van der Waals surface area contributed by atoms with Crippen molar-refractivity contribution in [2.45, 2.75) is 13.1 Å². The lowest BCUT2D eigenvalue weighted by Crippen LogP contribution is -2.19. The van der Waals surface area contributed by atoms with Crippen molar-refractivity contribution in [1.29, 1.82) is 0 Å². The third-order valence-electron chi connectivity index (χ3n) is 4.25. The number of hydrogen-bond donors (Lipinski definition) is 1. The summed E-state index contributed by atoms with van der Waals surface area (Å²) in [5, 5.41) is 11.1. The maximum Gasteiger partial charge on any atom is 0.154 e. The van der Waals surface area contributed by atoms with Gasteiger partial charge in [-0.1, -0.05) is 12.1 Å². The summed E-state index contributed by atoms with van der Waals surface area (Å²) in [7, 11) is 3.40. The van der Waals surface area contributed by atoms with Gasteiger partial charge in [-0.05, 0) is 36.9 Å². The van der Waals surface area contributed by atoms with Gasteiger partial charge in [0.15, 0.2) is 12.0 Å². The maximum atomic E-state index is 13.1. The lowest BCUT2D eigenvalue weighted by molar-refractivity contribution is 0.111. The highest BCUT2D eigenvalue weighted by molar-refractivity contribution is 5.99. The van der Waals surface area contributed by atoms with Crippen molar-refractivity contribution >= 4 is 17.2 Å². The first-order chi connectivity index (χ1) is 12.5. The minimum absolute atomic E-state index is 0.151. The van der Waals surface area contributed by atoms with Gasteiger partial charge in [0, 0.05) is 30.2 Å². The van der Waals surface area contributed by atoms with Crippen molar-refractivity contribution in [3.8, 4) is 11.5 Å². The number of benzene rings is 2. The van der Waals surface area contributed by atoms with Gasteiger partial charge in [-0.25, -0.2) is 4.39 Å². The van der Waals surface area contributed by atoms with E-state index in [-0.39, 0.29) is 17.1 Å². The smallest absolute Gasteiger partial charge is 0.154 e. The number of aromatic hydroxyl groups is 1. The molecule has 0 amide bonds. The van der Waals surface area contributed by atoms with E-state index < -0.39 is 0 Å². The molecule has 0 aliphatic rings. The fourth-order valence-electron chi connectivity index (χ4n) is 3.08. The zero-order valence-corrected chi connectivity index (χ0v) is 14.6. The minimum atomic E-state index is -0.284. The van der Waals surface area contributed by atoms with Crippen LogP contribution in [0.4, 0.5) is 4.39 Å². The first-order valence-corrected chi connectivity index (χ1v) is 8.09. The van der Waals surface area contributed by atoms with Gasteiger partial charge in [0.1, 0.15) is 17.1 Å². The van der Waals surface area contributed by atoms with Crippen molar-refractivity contribution in [2.75, 3.05) is 14.2 Å². The van der Waals surface area contributed by atoms with Crippen LogP contribution < -0.4 is 4.74 Å². The van der Waals surface area contributed by atoms with Crippen LogP contribution in [-0.2, 0) is 13.1 Å². The fraction of sp³-hybridized carbons (Fsp3) is 0.200. The Morgan fingerprint density at radius 1 is 1.23 bits per heavy atom. The summed E-state index contributed by atoms with van der Waals surface area (Å²) in [6.45, 7) is 0.917. The van der Waals surface area contributed by atoms with Gasteiger partial charge in [0.25, 0.3) is 0 Å². The molecular formula is C20H19FN2O3. The van der Waals surface area contributed by atoms with Crippen LogP contribution in [0.3, 0.4) is 0 Å². The Morgan fingerprint density at radius 2 is 1.96 bits per heavy atom. The number of fused-ring (bicyclic) bond motifs is 1. The van der Waals surface area contributed by atoms with E-state index in [1.807, 2.05) is 11.9 Å². The summed E-state index contributed by atoms with van der Waals surface area (Å²) in [4.78, 5) is 17.7. The molecule has 0 aliphatic heterocycles. The highest BCUT2D eigenvalue weighted by Gasteiger charge is 2.21. The molecule has 0 saturated carbocycles. The first-order valence-electron chi connectivity index (χ1n) is 8.09. The number of ether oxygens (including phenoxy) is 1. The van der Waals surface area contributed by atoms with Gasteiger partial charge < -0.3 is 9.84 Å². The topological polar surface area (TPSA) is 62.7 Å².